The van der Waals surface area contributed by atoms with Gasteiger partial charge in [0.05, 0.1) is 25.6 Å². The van der Waals surface area contributed by atoms with Gasteiger partial charge in [-0.3, -0.25) is 5.32 Å². The molecule has 0 aromatic carbocycles. The quantitative estimate of drug-likeness (QED) is 0.490. The van der Waals surface area contributed by atoms with E-state index in [1.165, 1.54) is 0 Å². The zero-order valence-electron chi connectivity index (χ0n) is 10.9. The predicted octanol–water partition coefficient (Wildman–Crippen LogP) is 2.68. The fourth-order valence-electron chi connectivity index (χ4n) is 1.81. The Labute approximate surface area is 135 Å². The van der Waals surface area contributed by atoms with Crippen molar-refractivity contribution >= 4 is 43.5 Å². The fraction of sp³-hybridized carbons (Fsp3) is 0.583. The van der Waals surface area contributed by atoms with Crippen LogP contribution < -0.4 is 10.6 Å². The summed E-state index contributed by atoms with van der Waals surface area (Å²) >= 11 is 12.9. The van der Waals surface area contributed by atoms with Gasteiger partial charge in [0.2, 0.25) is 0 Å². The van der Waals surface area contributed by atoms with Gasteiger partial charge in [-0.05, 0) is 36.3 Å². The summed E-state index contributed by atoms with van der Waals surface area (Å²) in [6.45, 7) is 6.32. The first-order valence-corrected chi connectivity index (χ1v) is 7.96. The van der Waals surface area contributed by atoms with E-state index in [0.29, 0.717) is 22.3 Å². The number of allylic oxidation sites excluding steroid dienone is 1. The lowest BCUT2D eigenvalue weighted by atomic mass is 9.96. The van der Waals surface area contributed by atoms with Crippen molar-refractivity contribution < 1.29 is 5.11 Å². The number of nitriles is 1. The summed E-state index contributed by atoms with van der Waals surface area (Å²) in [5.41, 5.74) is -0.544. The van der Waals surface area contributed by atoms with Crippen LogP contribution in [0.2, 0.25) is 0 Å². The molecule has 19 heavy (non-hydrogen) atoms. The number of hydrogen-bond acceptors (Lipinski definition) is 4. The van der Waals surface area contributed by atoms with E-state index in [1.54, 1.807) is 0 Å². The minimum absolute atomic E-state index is 0.105. The number of hydrogen-bond donors (Lipinski definition) is 3. The van der Waals surface area contributed by atoms with Crippen LogP contribution in [0.5, 0.6) is 0 Å². The van der Waals surface area contributed by atoms with Crippen molar-refractivity contribution in [2.75, 3.05) is 6.54 Å². The number of aliphatic hydroxyl groups is 1. The van der Waals surface area contributed by atoms with E-state index >= 15 is 0 Å². The Bertz CT molecular complexity index is 470. The second-order valence-corrected chi connectivity index (χ2v) is 6.60. The van der Waals surface area contributed by atoms with Gasteiger partial charge in [0, 0.05) is 6.04 Å². The number of nitrogens with one attached hydrogen (secondary N) is 2. The molecule has 1 aliphatic rings. The Kier molecular flexibility index (Phi) is 5.90. The molecule has 0 aromatic heterocycles. The summed E-state index contributed by atoms with van der Waals surface area (Å²) < 4.78 is 0.471. The second kappa shape index (κ2) is 6.59. The normalized spacial score (nSPS) is 27.8. The van der Waals surface area contributed by atoms with Gasteiger partial charge in [0.25, 0.3) is 0 Å². The smallest absolute Gasteiger partial charge is 0.168 e. The number of likely N-dealkylation sites (N-methyl/N-ethyl adjacent to an activating group) is 1. The average Bonchev–Trinajstić information content (AvgIpc) is 2.34. The van der Waals surface area contributed by atoms with Crippen molar-refractivity contribution in [1.82, 2.24) is 10.6 Å². The fourth-order valence-corrected chi connectivity index (χ4v) is 3.71. The van der Waals surface area contributed by atoms with Crippen LogP contribution in [0.1, 0.15) is 20.8 Å². The van der Waals surface area contributed by atoms with Crippen LogP contribution in [0, 0.1) is 11.3 Å². The third-order valence-corrected chi connectivity index (χ3v) is 5.42. The lowest BCUT2D eigenvalue weighted by Crippen LogP contribution is -2.55. The number of alkyl halides is 1. The molecule has 1 rings (SSSR count). The summed E-state index contributed by atoms with van der Waals surface area (Å²) in [4.78, 5) is -0.594. The molecular formula is C12H16Br2ClN3O. The van der Waals surface area contributed by atoms with Crippen LogP contribution >= 0.6 is 43.5 Å². The highest BCUT2D eigenvalue weighted by molar-refractivity contribution is 9.12. The van der Waals surface area contributed by atoms with Crippen LogP contribution in [-0.4, -0.2) is 28.2 Å². The van der Waals surface area contributed by atoms with Crippen LogP contribution in [-0.2, 0) is 0 Å². The van der Waals surface area contributed by atoms with Crippen molar-refractivity contribution in [3.05, 3.63) is 20.8 Å². The Balaban J connectivity index is 3.41. The lowest BCUT2D eigenvalue weighted by molar-refractivity contribution is 0.0593. The molecule has 3 N–H and O–H groups in total. The molecule has 0 spiro atoms. The number of halogens is 3. The molecule has 0 bridgehead atoms. The SMILES string of the molecule is CCNC1(O)C(Br)=C(NC(C)C)C(C#N)=C(Cl)C1Br. The molecule has 0 radical (unpaired) electrons. The van der Waals surface area contributed by atoms with Crippen molar-refractivity contribution in [3.8, 4) is 6.07 Å². The van der Waals surface area contributed by atoms with Crippen molar-refractivity contribution in [2.45, 2.75) is 37.4 Å². The molecular weight excluding hydrogens is 397 g/mol. The molecule has 0 heterocycles. The maximum atomic E-state index is 10.7. The molecule has 0 amide bonds. The second-order valence-electron chi connectivity index (χ2n) is 4.48. The first-order chi connectivity index (χ1) is 8.79. The van der Waals surface area contributed by atoms with E-state index in [2.05, 4.69) is 48.6 Å². The van der Waals surface area contributed by atoms with Crippen LogP contribution in [0.4, 0.5) is 0 Å². The highest BCUT2D eigenvalue weighted by Gasteiger charge is 2.46. The van der Waals surface area contributed by atoms with E-state index in [4.69, 9.17) is 11.6 Å². The average molecular weight is 414 g/mol. The molecule has 4 nitrogen and oxygen atoms in total. The molecule has 0 saturated carbocycles. The van der Waals surface area contributed by atoms with Gasteiger partial charge in [-0.25, -0.2) is 0 Å². The summed E-state index contributed by atoms with van der Waals surface area (Å²) in [6.07, 6.45) is 0. The molecule has 0 aromatic rings. The third-order valence-electron chi connectivity index (χ3n) is 2.62. The minimum atomic E-state index is -1.39. The van der Waals surface area contributed by atoms with Crippen LogP contribution in [0.25, 0.3) is 0 Å². The first kappa shape index (κ1) is 17.0. The predicted molar refractivity (Wildman–Crippen MR) is 84.1 cm³/mol. The molecule has 0 aliphatic heterocycles. The Hall–Kier alpha value is -0.0600. The molecule has 0 fully saturated rings. The summed E-state index contributed by atoms with van der Waals surface area (Å²) in [5.74, 6) is 0. The van der Waals surface area contributed by atoms with Gasteiger partial charge in [0.1, 0.15) is 6.07 Å². The van der Waals surface area contributed by atoms with Gasteiger partial charge in [0.15, 0.2) is 5.72 Å². The number of nitrogens with zero attached hydrogens (tertiary/aromatic N) is 1. The van der Waals surface area contributed by atoms with E-state index < -0.39 is 10.6 Å². The summed E-state index contributed by atoms with van der Waals surface area (Å²) in [6, 6.07) is 2.18. The maximum absolute atomic E-state index is 10.7. The van der Waals surface area contributed by atoms with Crippen molar-refractivity contribution in [3.63, 3.8) is 0 Å². The molecule has 2 unspecified atom stereocenters. The maximum Gasteiger partial charge on any atom is 0.168 e. The van der Waals surface area contributed by atoms with Crippen LogP contribution in [0.15, 0.2) is 20.8 Å². The van der Waals surface area contributed by atoms with Gasteiger partial charge >= 0.3 is 0 Å². The highest BCUT2D eigenvalue weighted by atomic mass is 79.9. The Morgan fingerprint density at radius 1 is 1.58 bits per heavy atom. The Morgan fingerprint density at radius 3 is 2.58 bits per heavy atom. The van der Waals surface area contributed by atoms with E-state index in [9.17, 15) is 10.4 Å². The van der Waals surface area contributed by atoms with E-state index in [1.807, 2.05) is 20.8 Å². The zero-order valence-corrected chi connectivity index (χ0v) is 14.8. The minimum Gasteiger partial charge on any atom is -0.381 e. The molecule has 7 heteroatoms. The van der Waals surface area contributed by atoms with Gasteiger partial charge in [-0.1, -0.05) is 34.5 Å². The molecule has 106 valence electrons. The molecule has 1 aliphatic carbocycles. The van der Waals surface area contributed by atoms with Gasteiger partial charge < -0.3 is 10.4 Å². The monoisotopic (exact) mass is 411 g/mol. The van der Waals surface area contributed by atoms with Gasteiger partial charge in [-0.2, -0.15) is 5.26 Å². The Morgan fingerprint density at radius 2 is 2.16 bits per heavy atom. The number of rotatable bonds is 4. The zero-order chi connectivity index (χ0) is 14.8. The van der Waals surface area contributed by atoms with Gasteiger partial charge in [-0.15, -0.1) is 0 Å². The molecule has 0 saturated heterocycles. The van der Waals surface area contributed by atoms with E-state index in [0.717, 1.165) is 0 Å². The van der Waals surface area contributed by atoms with Crippen molar-refractivity contribution in [1.29, 1.82) is 5.26 Å². The van der Waals surface area contributed by atoms with E-state index in [-0.39, 0.29) is 11.1 Å². The highest BCUT2D eigenvalue weighted by Crippen LogP contribution is 2.43. The third kappa shape index (κ3) is 3.17. The summed E-state index contributed by atoms with van der Waals surface area (Å²) in [5, 5.41) is 26.4. The lowest BCUT2D eigenvalue weighted by Gasteiger charge is -2.38. The van der Waals surface area contributed by atoms with Crippen molar-refractivity contribution in [2.24, 2.45) is 0 Å². The first-order valence-electron chi connectivity index (χ1n) is 5.87. The molecule has 2 atom stereocenters. The summed E-state index contributed by atoms with van der Waals surface area (Å²) in [7, 11) is 0. The van der Waals surface area contributed by atoms with Crippen LogP contribution in [0.3, 0.4) is 0 Å². The standard InChI is InChI=1S/C12H16Br2ClN3O/c1-4-17-12(19)10(13)8(15)7(5-16)9(11(12)14)18-6(2)3/h6,10,17-19H,4H2,1-3H3. The topological polar surface area (TPSA) is 68.1 Å². The largest absolute Gasteiger partial charge is 0.381 e.